The number of benzene rings is 2. The lowest BCUT2D eigenvalue weighted by molar-refractivity contribution is 0.0950. The Morgan fingerprint density at radius 1 is 0.962 bits per heavy atom. The van der Waals surface area contributed by atoms with Crippen LogP contribution in [0.4, 0.5) is 0 Å². The zero-order valence-corrected chi connectivity index (χ0v) is 15.1. The molecule has 0 aliphatic carbocycles. The number of H-pyrrole nitrogens is 1. The highest BCUT2D eigenvalue weighted by molar-refractivity contribution is 5.98. The molecule has 0 unspecified atom stereocenters. The van der Waals surface area contributed by atoms with Gasteiger partial charge in [0.2, 0.25) is 0 Å². The van der Waals surface area contributed by atoms with Crippen LogP contribution >= 0.6 is 0 Å². The topological polar surface area (TPSA) is 72.6 Å². The number of aromatic nitrogens is 1. The maximum absolute atomic E-state index is 12.4. The van der Waals surface area contributed by atoms with Gasteiger partial charge in [0.25, 0.3) is 5.91 Å². The van der Waals surface area contributed by atoms with E-state index < -0.39 is 0 Å². The van der Waals surface area contributed by atoms with Crippen molar-refractivity contribution in [3.63, 3.8) is 0 Å². The lowest BCUT2D eigenvalue weighted by atomic mass is 10.1. The van der Waals surface area contributed by atoms with Crippen molar-refractivity contribution < 1.29 is 19.0 Å². The highest BCUT2D eigenvalue weighted by atomic mass is 16.5. The van der Waals surface area contributed by atoms with Crippen LogP contribution in [-0.2, 0) is 6.42 Å². The van der Waals surface area contributed by atoms with Crippen LogP contribution in [0.3, 0.4) is 0 Å². The largest absolute Gasteiger partial charge is 0.497 e. The number of carbonyl (C=O) groups excluding carboxylic acids is 1. The summed E-state index contributed by atoms with van der Waals surface area (Å²) in [4.78, 5) is 15.5. The Bertz CT molecular complexity index is 917. The standard InChI is InChI=1S/C20H22N2O4/c1-24-15-6-7-19(26-3)14(10-15)8-9-21-20(23)18-11-13-4-5-16(25-2)12-17(13)22-18/h4-7,10-12,22H,8-9H2,1-3H3,(H,21,23). The van der Waals surface area contributed by atoms with Crippen LogP contribution in [0.25, 0.3) is 10.9 Å². The Labute approximate surface area is 152 Å². The van der Waals surface area contributed by atoms with E-state index in [1.807, 2.05) is 42.5 Å². The molecule has 0 aliphatic rings. The molecule has 6 nitrogen and oxygen atoms in total. The molecule has 0 fully saturated rings. The summed E-state index contributed by atoms with van der Waals surface area (Å²) in [6, 6.07) is 13.1. The van der Waals surface area contributed by atoms with Gasteiger partial charge in [0.1, 0.15) is 22.9 Å². The van der Waals surface area contributed by atoms with Gasteiger partial charge in [-0.15, -0.1) is 0 Å². The summed E-state index contributed by atoms with van der Waals surface area (Å²) in [5, 5.41) is 3.89. The maximum Gasteiger partial charge on any atom is 0.267 e. The van der Waals surface area contributed by atoms with E-state index in [1.165, 1.54) is 0 Å². The molecule has 0 aliphatic heterocycles. The van der Waals surface area contributed by atoms with E-state index in [2.05, 4.69) is 10.3 Å². The molecule has 0 saturated heterocycles. The molecule has 26 heavy (non-hydrogen) atoms. The first-order valence-electron chi connectivity index (χ1n) is 8.30. The molecular weight excluding hydrogens is 332 g/mol. The molecule has 2 aromatic carbocycles. The smallest absolute Gasteiger partial charge is 0.267 e. The molecule has 0 bridgehead atoms. The van der Waals surface area contributed by atoms with E-state index in [4.69, 9.17) is 14.2 Å². The van der Waals surface area contributed by atoms with E-state index >= 15 is 0 Å². The van der Waals surface area contributed by atoms with Gasteiger partial charge >= 0.3 is 0 Å². The number of rotatable bonds is 7. The number of hydrogen-bond acceptors (Lipinski definition) is 4. The van der Waals surface area contributed by atoms with Crippen molar-refractivity contribution in [3.05, 3.63) is 53.7 Å². The number of amides is 1. The number of hydrogen-bond donors (Lipinski definition) is 2. The van der Waals surface area contributed by atoms with Crippen molar-refractivity contribution in [1.82, 2.24) is 10.3 Å². The van der Waals surface area contributed by atoms with E-state index in [-0.39, 0.29) is 5.91 Å². The zero-order valence-electron chi connectivity index (χ0n) is 15.1. The van der Waals surface area contributed by atoms with Gasteiger partial charge in [0, 0.05) is 23.5 Å². The first-order valence-corrected chi connectivity index (χ1v) is 8.30. The summed E-state index contributed by atoms with van der Waals surface area (Å²) >= 11 is 0. The van der Waals surface area contributed by atoms with E-state index in [1.54, 1.807) is 21.3 Å². The van der Waals surface area contributed by atoms with E-state index in [0.717, 1.165) is 33.7 Å². The van der Waals surface area contributed by atoms with Gasteiger partial charge in [-0.25, -0.2) is 0 Å². The summed E-state index contributed by atoms with van der Waals surface area (Å²) in [5.74, 6) is 2.13. The SMILES string of the molecule is COc1ccc(OC)c(CCNC(=O)c2cc3ccc(OC)cc3[nH]2)c1. The average Bonchev–Trinajstić information content (AvgIpc) is 3.11. The average molecular weight is 354 g/mol. The van der Waals surface area contributed by atoms with E-state index in [0.29, 0.717) is 18.7 Å². The van der Waals surface area contributed by atoms with Gasteiger partial charge in [-0.2, -0.15) is 0 Å². The predicted molar refractivity (Wildman–Crippen MR) is 100 cm³/mol. The lowest BCUT2D eigenvalue weighted by Gasteiger charge is -2.11. The normalized spacial score (nSPS) is 10.6. The molecule has 0 radical (unpaired) electrons. The molecule has 2 N–H and O–H groups in total. The van der Waals surface area contributed by atoms with Crippen LogP contribution in [0, 0.1) is 0 Å². The number of aromatic amines is 1. The lowest BCUT2D eigenvalue weighted by Crippen LogP contribution is -2.26. The monoisotopic (exact) mass is 354 g/mol. The van der Waals surface area contributed by atoms with Crippen molar-refractivity contribution in [1.29, 1.82) is 0 Å². The Morgan fingerprint density at radius 3 is 2.42 bits per heavy atom. The third-order valence-electron chi connectivity index (χ3n) is 4.24. The Hall–Kier alpha value is -3.15. The third kappa shape index (κ3) is 3.74. The molecule has 6 heteroatoms. The molecule has 1 heterocycles. The number of fused-ring (bicyclic) bond motifs is 1. The fourth-order valence-electron chi connectivity index (χ4n) is 2.84. The number of carbonyl (C=O) groups is 1. The van der Waals surface area contributed by atoms with Crippen molar-refractivity contribution >= 4 is 16.8 Å². The van der Waals surface area contributed by atoms with Crippen LogP contribution in [0.1, 0.15) is 16.1 Å². The number of ether oxygens (including phenoxy) is 3. The van der Waals surface area contributed by atoms with Crippen molar-refractivity contribution in [2.45, 2.75) is 6.42 Å². The molecule has 1 amide bonds. The van der Waals surface area contributed by atoms with Gasteiger partial charge < -0.3 is 24.5 Å². The zero-order chi connectivity index (χ0) is 18.5. The molecule has 0 atom stereocenters. The minimum absolute atomic E-state index is 0.151. The van der Waals surface area contributed by atoms with Crippen LogP contribution in [-0.4, -0.2) is 38.8 Å². The van der Waals surface area contributed by atoms with E-state index in [9.17, 15) is 4.79 Å². The van der Waals surface area contributed by atoms with Crippen molar-refractivity contribution in [3.8, 4) is 17.2 Å². The summed E-state index contributed by atoms with van der Waals surface area (Å²) in [6.45, 7) is 0.487. The summed E-state index contributed by atoms with van der Waals surface area (Å²) in [6.07, 6.45) is 0.639. The second-order valence-electron chi connectivity index (χ2n) is 5.82. The minimum Gasteiger partial charge on any atom is -0.497 e. The van der Waals surface area contributed by atoms with Crippen LogP contribution in [0.15, 0.2) is 42.5 Å². The van der Waals surface area contributed by atoms with Crippen molar-refractivity contribution in [2.75, 3.05) is 27.9 Å². The molecule has 0 spiro atoms. The Balaban J connectivity index is 1.66. The van der Waals surface area contributed by atoms with Gasteiger partial charge in [0.15, 0.2) is 0 Å². The van der Waals surface area contributed by atoms with Gasteiger partial charge in [-0.1, -0.05) is 0 Å². The summed E-state index contributed by atoms with van der Waals surface area (Å²) < 4.78 is 15.8. The molecule has 3 aromatic rings. The fourth-order valence-corrected chi connectivity index (χ4v) is 2.84. The fraction of sp³-hybridized carbons (Fsp3) is 0.250. The molecule has 3 rings (SSSR count). The molecule has 1 aromatic heterocycles. The van der Waals surface area contributed by atoms with Crippen molar-refractivity contribution in [2.24, 2.45) is 0 Å². The molecular formula is C20H22N2O4. The number of methoxy groups -OCH3 is 3. The van der Waals surface area contributed by atoms with Crippen LogP contribution in [0.2, 0.25) is 0 Å². The van der Waals surface area contributed by atoms with Gasteiger partial charge in [-0.3, -0.25) is 4.79 Å². The number of nitrogens with one attached hydrogen (secondary N) is 2. The second-order valence-corrected chi connectivity index (χ2v) is 5.82. The second kappa shape index (κ2) is 7.82. The summed E-state index contributed by atoms with van der Waals surface area (Å²) in [7, 11) is 4.87. The third-order valence-corrected chi connectivity index (χ3v) is 4.24. The van der Waals surface area contributed by atoms with Gasteiger partial charge in [0.05, 0.1) is 21.3 Å². The quantitative estimate of drug-likeness (QED) is 0.684. The predicted octanol–water partition coefficient (Wildman–Crippen LogP) is 3.17. The Morgan fingerprint density at radius 2 is 1.69 bits per heavy atom. The summed E-state index contributed by atoms with van der Waals surface area (Å²) in [5.41, 5.74) is 2.36. The highest BCUT2D eigenvalue weighted by Gasteiger charge is 2.11. The maximum atomic E-state index is 12.4. The minimum atomic E-state index is -0.151. The van der Waals surface area contributed by atoms with Gasteiger partial charge in [-0.05, 0) is 48.4 Å². The van der Waals surface area contributed by atoms with Crippen LogP contribution in [0.5, 0.6) is 17.2 Å². The van der Waals surface area contributed by atoms with Crippen LogP contribution < -0.4 is 19.5 Å². The highest BCUT2D eigenvalue weighted by Crippen LogP contribution is 2.24. The molecule has 136 valence electrons. The Kier molecular flexibility index (Phi) is 5.31. The first-order chi connectivity index (χ1) is 12.6. The molecule has 0 saturated carbocycles. The first kappa shape index (κ1) is 17.7.